The fourth-order valence-electron chi connectivity index (χ4n) is 3.99. The standard InChI is InChI=1S/C23H25N5O4/c1-15-6-3-4-7-18(15)22-25-21(32-26-22)14-27-12-10-17(11-13-27)23(29)24-19-8-5-9-20(16(19)2)28(30)31/h3-9,17H,10-14H2,1-2H3,(H,24,29). The van der Waals surface area contributed by atoms with Gasteiger partial charge in [0.2, 0.25) is 17.6 Å². The first-order chi connectivity index (χ1) is 15.4. The SMILES string of the molecule is Cc1ccccc1-c1noc(CN2CCC(C(=O)Nc3cccc([N+](=O)[O-])c3C)CC2)n1. The molecule has 0 spiro atoms. The third kappa shape index (κ3) is 4.67. The van der Waals surface area contributed by atoms with Crippen molar-refractivity contribution < 1.29 is 14.2 Å². The van der Waals surface area contributed by atoms with Gasteiger partial charge in [-0.3, -0.25) is 19.8 Å². The van der Waals surface area contributed by atoms with Gasteiger partial charge in [0.15, 0.2) is 0 Å². The van der Waals surface area contributed by atoms with Crippen LogP contribution in [-0.2, 0) is 11.3 Å². The minimum absolute atomic E-state index is 0.00208. The molecule has 0 aliphatic carbocycles. The maximum absolute atomic E-state index is 12.7. The lowest BCUT2D eigenvalue weighted by Gasteiger charge is -2.30. The van der Waals surface area contributed by atoms with Gasteiger partial charge < -0.3 is 9.84 Å². The van der Waals surface area contributed by atoms with Crippen LogP contribution in [0.4, 0.5) is 11.4 Å². The Bertz CT molecular complexity index is 1130. The van der Waals surface area contributed by atoms with Crippen molar-refractivity contribution in [2.75, 3.05) is 18.4 Å². The van der Waals surface area contributed by atoms with Crippen LogP contribution in [0.5, 0.6) is 0 Å². The molecule has 4 rings (SSSR count). The van der Waals surface area contributed by atoms with Crippen molar-refractivity contribution in [3.63, 3.8) is 0 Å². The number of piperidine rings is 1. The number of aryl methyl sites for hydroxylation is 1. The van der Waals surface area contributed by atoms with Gasteiger partial charge in [0, 0.05) is 17.5 Å². The first kappa shape index (κ1) is 21.6. The van der Waals surface area contributed by atoms with Gasteiger partial charge in [-0.05, 0) is 51.4 Å². The first-order valence-corrected chi connectivity index (χ1v) is 10.6. The normalized spacial score (nSPS) is 14.9. The zero-order valence-electron chi connectivity index (χ0n) is 18.1. The molecule has 1 fully saturated rings. The number of nitro benzene ring substituents is 1. The molecule has 0 unspecified atom stereocenters. The number of hydrogen-bond donors (Lipinski definition) is 1. The molecule has 1 amide bonds. The lowest BCUT2D eigenvalue weighted by molar-refractivity contribution is -0.385. The van der Waals surface area contributed by atoms with Gasteiger partial charge in [-0.1, -0.05) is 35.5 Å². The van der Waals surface area contributed by atoms with Crippen LogP contribution >= 0.6 is 0 Å². The molecular weight excluding hydrogens is 410 g/mol. The molecule has 9 nitrogen and oxygen atoms in total. The number of nitro groups is 1. The van der Waals surface area contributed by atoms with Crippen molar-refractivity contribution in [2.24, 2.45) is 5.92 Å². The number of rotatable bonds is 6. The Kier molecular flexibility index (Phi) is 6.27. The van der Waals surface area contributed by atoms with Gasteiger partial charge in [-0.2, -0.15) is 4.98 Å². The van der Waals surface area contributed by atoms with E-state index in [1.807, 2.05) is 31.2 Å². The number of anilines is 1. The van der Waals surface area contributed by atoms with Crippen LogP contribution in [-0.4, -0.2) is 39.0 Å². The molecule has 1 aromatic heterocycles. The second-order valence-corrected chi connectivity index (χ2v) is 8.07. The lowest BCUT2D eigenvalue weighted by atomic mass is 9.95. The maximum Gasteiger partial charge on any atom is 0.274 e. The molecule has 1 N–H and O–H groups in total. The van der Waals surface area contributed by atoms with Gasteiger partial charge in [0.1, 0.15) is 0 Å². The number of carbonyl (C=O) groups excluding carboxylic acids is 1. The molecule has 1 aliphatic rings. The number of nitrogens with one attached hydrogen (secondary N) is 1. The Morgan fingerprint density at radius 3 is 2.66 bits per heavy atom. The van der Waals surface area contributed by atoms with Crippen LogP contribution in [0, 0.1) is 29.9 Å². The molecule has 2 heterocycles. The van der Waals surface area contributed by atoms with E-state index in [0.717, 1.165) is 24.2 Å². The molecule has 1 aliphatic heterocycles. The van der Waals surface area contributed by atoms with Crippen molar-refractivity contribution in [3.8, 4) is 11.4 Å². The van der Waals surface area contributed by atoms with E-state index in [-0.39, 0.29) is 17.5 Å². The summed E-state index contributed by atoms with van der Waals surface area (Å²) in [6, 6.07) is 12.6. The number of benzene rings is 2. The van der Waals surface area contributed by atoms with Gasteiger partial charge in [0.05, 0.1) is 22.7 Å². The van der Waals surface area contributed by atoms with Crippen LogP contribution in [0.1, 0.15) is 29.9 Å². The van der Waals surface area contributed by atoms with Crippen molar-refractivity contribution in [3.05, 3.63) is 69.6 Å². The third-order valence-corrected chi connectivity index (χ3v) is 5.93. The predicted octanol–water partition coefficient (Wildman–Crippen LogP) is 4.11. The molecule has 166 valence electrons. The second-order valence-electron chi connectivity index (χ2n) is 8.07. The molecule has 32 heavy (non-hydrogen) atoms. The van der Waals surface area contributed by atoms with Gasteiger partial charge in [-0.25, -0.2) is 0 Å². The number of nitrogens with zero attached hydrogens (tertiary/aromatic N) is 4. The summed E-state index contributed by atoms with van der Waals surface area (Å²) in [4.78, 5) is 30.1. The summed E-state index contributed by atoms with van der Waals surface area (Å²) in [7, 11) is 0. The van der Waals surface area contributed by atoms with Crippen LogP contribution in [0.25, 0.3) is 11.4 Å². The minimum atomic E-state index is -0.439. The molecule has 1 saturated heterocycles. The van der Waals surface area contributed by atoms with Crippen LogP contribution in [0.3, 0.4) is 0 Å². The van der Waals surface area contributed by atoms with Crippen molar-refractivity contribution in [1.82, 2.24) is 15.0 Å². The molecule has 2 aromatic carbocycles. The number of aromatic nitrogens is 2. The first-order valence-electron chi connectivity index (χ1n) is 10.6. The summed E-state index contributed by atoms with van der Waals surface area (Å²) in [5.41, 5.74) is 2.99. The molecule has 9 heteroatoms. The third-order valence-electron chi connectivity index (χ3n) is 5.93. The molecule has 0 radical (unpaired) electrons. The quantitative estimate of drug-likeness (QED) is 0.458. The Morgan fingerprint density at radius 1 is 1.19 bits per heavy atom. The van der Waals surface area contributed by atoms with Gasteiger partial charge in [-0.15, -0.1) is 0 Å². The molecule has 0 atom stereocenters. The van der Waals surface area contributed by atoms with Crippen LogP contribution in [0.15, 0.2) is 47.0 Å². The zero-order chi connectivity index (χ0) is 22.7. The van der Waals surface area contributed by atoms with Crippen molar-refractivity contribution >= 4 is 17.3 Å². The fraction of sp³-hybridized carbons (Fsp3) is 0.348. The maximum atomic E-state index is 12.7. The summed E-state index contributed by atoms with van der Waals surface area (Å²) in [5, 5.41) is 18.1. The molecule has 0 bridgehead atoms. The van der Waals surface area contributed by atoms with E-state index in [0.29, 0.717) is 42.4 Å². The highest BCUT2D eigenvalue weighted by Gasteiger charge is 2.27. The Labute approximate surface area is 185 Å². The van der Waals surface area contributed by atoms with Crippen LogP contribution in [0.2, 0.25) is 0 Å². The summed E-state index contributed by atoms with van der Waals surface area (Å²) < 4.78 is 5.44. The summed E-state index contributed by atoms with van der Waals surface area (Å²) in [5.74, 6) is 0.890. The summed E-state index contributed by atoms with van der Waals surface area (Å²) in [6.45, 7) is 5.65. The average Bonchev–Trinajstić information content (AvgIpc) is 3.24. The Balaban J connectivity index is 1.32. The van der Waals surface area contributed by atoms with E-state index >= 15 is 0 Å². The smallest absolute Gasteiger partial charge is 0.274 e. The topological polar surface area (TPSA) is 114 Å². The van der Waals surface area contributed by atoms with E-state index in [1.54, 1.807) is 19.1 Å². The number of likely N-dealkylation sites (tertiary alicyclic amines) is 1. The van der Waals surface area contributed by atoms with E-state index in [2.05, 4.69) is 20.4 Å². The molecule has 0 saturated carbocycles. The van der Waals surface area contributed by atoms with Crippen molar-refractivity contribution in [2.45, 2.75) is 33.2 Å². The Hall–Kier alpha value is -3.59. The highest BCUT2D eigenvalue weighted by Crippen LogP contribution is 2.27. The van der Waals surface area contributed by atoms with Gasteiger partial charge in [0.25, 0.3) is 5.69 Å². The minimum Gasteiger partial charge on any atom is -0.338 e. The predicted molar refractivity (Wildman–Crippen MR) is 119 cm³/mol. The van der Waals surface area contributed by atoms with Crippen LogP contribution < -0.4 is 5.32 Å². The van der Waals surface area contributed by atoms with E-state index in [4.69, 9.17) is 4.52 Å². The Morgan fingerprint density at radius 2 is 1.94 bits per heavy atom. The zero-order valence-corrected chi connectivity index (χ0v) is 18.1. The monoisotopic (exact) mass is 435 g/mol. The lowest BCUT2D eigenvalue weighted by Crippen LogP contribution is -2.37. The van der Waals surface area contributed by atoms with Gasteiger partial charge >= 0.3 is 0 Å². The highest BCUT2D eigenvalue weighted by molar-refractivity contribution is 5.93. The number of hydrogen-bond acceptors (Lipinski definition) is 7. The molecule has 3 aromatic rings. The van der Waals surface area contributed by atoms with Crippen molar-refractivity contribution in [1.29, 1.82) is 0 Å². The second kappa shape index (κ2) is 9.27. The van der Waals surface area contributed by atoms with E-state index < -0.39 is 4.92 Å². The van der Waals surface area contributed by atoms with E-state index in [1.165, 1.54) is 6.07 Å². The summed E-state index contributed by atoms with van der Waals surface area (Å²) in [6.07, 6.45) is 1.39. The molecular formula is C23H25N5O4. The highest BCUT2D eigenvalue weighted by atomic mass is 16.6. The number of carbonyl (C=O) groups is 1. The fourth-order valence-corrected chi connectivity index (χ4v) is 3.99. The average molecular weight is 435 g/mol. The van der Waals surface area contributed by atoms with E-state index in [9.17, 15) is 14.9 Å². The largest absolute Gasteiger partial charge is 0.338 e. The summed E-state index contributed by atoms with van der Waals surface area (Å²) >= 11 is 0. The number of amides is 1.